The molecule has 1 atom stereocenters. The van der Waals surface area contributed by atoms with Gasteiger partial charge in [0.2, 0.25) is 0 Å². The van der Waals surface area contributed by atoms with Gasteiger partial charge in [-0.25, -0.2) is 4.39 Å². The summed E-state index contributed by atoms with van der Waals surface area (Å²) in [6.07, 6.45) is 0.844. The maximum atomic E-state index is 13.6. The van der Waals surface area contributed by atoms with E-state index in [1.54, 1.807) is 30.1 Å². The molecule has 0 aliphatic carbocycles. The lowest BCUT2D eigenvalue weighted by Gasteiger charge is -2.27. The molecule has 19 heavy (non-hydrogen) atoms. The fraction of sp³-hybridized carbons (Fsp3) is 0.385. The lowest BCUT2D eigenvalue weighted by Crippen LogP contribution is -2.46. The van der Waals surface area contributed by atoms with Crippen LogP contribution >= 0.6 is 24.0 Å². The largest absolute Gasteiger partial charge is 0.622 e. The van der Waals surface area contributed by atoms with Crippen LogP contribution in [0.15, 0.2) is 24.3 Å². The lowest BCUT2D eigenvalue weighted by molar-refractivity contribution is -0.522. The zero-order valence-electron chi connectivity index (χ0n) is 11.0. The van der Waals surface area contributed by atoms with Crippen LogP contribution in [0.25, 0.3) is 0 Å². The molecule has 1 fully saturated rings. The Kier molecular flexibility index (Phi) is 3.82. The van der Waals surface area contributed by atoms with Crippen LogP contribution in [0.3, 0.4) is 0 Å². The van der Waals surface area contributed by atoms with Crippen molar-refractivity contribution >= 4 is 34.5 Å². The third kappa shape index (κ3) is 2.74. The Bertz CT molecular complexity index is 545. The molecule has 0 bridgehead atoms. The van der Waals surface area contributed by atoms with Gasteiger partial charge >= 0.3 is 0 Å². The van der Waals surface area contributed by atoms with E-state index in [-0.39, 0.29) is 10.3 Å². The van der Waals surface area contributed by atoms with Crippen molar-refractivity contribution in [1.29, 1.82) is 0 Å². The van der Waals surface area contributed by atoms with Gasteiger partial charge in [-0.15, -0.1) is 0 Å². The molecule has 1 heterocycles. The molecular formula is C13H15FN2OS2. The minimum atomic E-state index is -0.440. The number of nitrogens with zero attached hydrogens (tertiary/aromatic N) is 2. The molecule has 3 nitrogen and oxygen atoms in total. The molecule has 1 saturated heterocycles. The Morgan fingerprint density at radius 3 is 2.63 bits per heavy atom. The summed E-state index contributed by atoms with van der Waals surface area (Å²) in [5.74, 6) is -0.406. The average molecular weight is 298 g/mol. The second-order valence-electron chi connectivity index (χ2n) is 4.97. The molecule has 0 radical (unpaired) electrons. The summed E-state index contributed by atoms with van der Waals surface area (Å²) >= 11 is 6.70. The summed E-state index contributed by atoms with van der Waals surface area (Å²) in [6, 6.07) is 6.21. The predicted octanol–water partition coefficient (Wildman–Crippen LogP) is 2.82. The molecule has 0 amide bonds. The Morgan fingerprint density at radius 2 is 2.11 bits per heavy atom. The van der Waals surface area contributed by atoms with Crippen molar-refractivity contribution in [1.82, 2.24) is 4.90 Å². The smallest absolute Gasteiger partial charge is 0.254 e. The zero-order chi connectivity index (χ0) is 14.2. The second kappa shape index (κ2) is 5.09. The van der Waals surface area contributed by atoms with E-state index in [1.165, 1.54) is 24.0 Å². The summed E-state index contributed by atoms with van der Waals surface area (Å²) in [6.45, 7) is 3.91. The number of hydrogen-bond acceptors (Lipinski definition) is 3. The molecule has 1 aromatic carbocycles. The van der Waals surface area contributed by atoms with Crippen molar-refractivity contribution in [3.05, 3.63) is 40.9 Å². The molecule has 0 spiro atoms. The van der Waals surface area contributed by atoms with Crippen LogP contribution in [-0.4, -0.2) is 38.1 Å². The highest BCUT2D eigenvalue weighted by Crippen LogP contribution is 2.40. The normalized spacial score (nSPS) is 22.9. The quantitative estimate of drug-likeness (QED) is 0.276. The first-order valence-corrected chi connectivity index (χ1v) is 7.06. The van der Waals surface area contributed by atoms with Gasteiger partial charge < -0.3 is 10.1 Å². The third-order valence-corrected chi connectivity index (χ3v) is 4.78. The molecular weight excluding hydrogens is 283 g/mol. The molecule has 1 aromatic rings. The van der Waals surface area contributed by atoms with E-state index in [0.717, 1.165) is 4.74 Å². The van der Waals surface area contributed by atoms with Crippen LogP contribution in [0.2, 0.25) is 0 Å². The fourth-order valence-corrected chi connectivity index (χ4v) is 3.99. The fourth-order valence-electron chi connectivity index (χ4n) is 2.18. The maximum absolute atomic E-state index is 13.6. The summed E-state index contributed by atoms with van der Waals surface area (Å²) < 4.78 is 14.7. The second-order valence-corrected chi connectivity index (χ2v) is 7.25. The Labute approximate surface area is 121 Å². The van der Waals surface area contributed by atoms with Gasteiger partial charge in [-0.3, -0.25) is 0 Å². The van der Waals surface area contributed by atoms with Crippen molar-refractivity contribution in [2.24, 2.45) is 0 Å². The molecule has 0 aromatic heterocycles. The highest BCUT2D eigenvalue weighted by Gasteiger charge is 2.48. The van der Waals surface area contributed by atoms with Crippen LogP contribution < -0.4 is 0 Å². The topological polar surface area (TPSA) is 29.3 Å². The Morgan fingerprint density at radius 1 is 1.47 bits per heavy atom. The monoisotopic (exact) mass is 298 g/mol. The van der Waals surface area contributed by atoms with Crippen molar-refractivity contribution in [2.45, 2.75) is 24.8 Å². The van der Waals surface area contributed by atoms with E-state index in [1.807, 2.05) is 13.8 Å². The molecule has 6 heteroatoms. The van der Waals surface area contributed by atoms with E-state index < -0.39 is 12.0 Å². The van der Waals surface area contributed by atoms with Gasteiger partial charge in [-0.2, -0.15) is 4.74 Å². The number of thioether (sulfide) groups is 1. The summed E-state index contributed by atoms with van der Waals surface area (Å²) in [7, 11) is 1.79. The van der Waals surface area contributed by atoms with Gasteiger partial charge in [-0.1, -0.05) is 36.1 Å². The molecule has 0 saturated carbocycles. The summed E-state index contributed by atoms with van der Waals surface area (Å²) in [4.78, 5) is 1.75. The standard InChI is InChI=1S/C13H15FN2OS2/c1-13(2)11(15(3)12(18)19-13)16(17)8-9-6-4-5-7-10(9)14/h4-8,11H,1-3H3. The number of rotatable bonds is 2. The van der Waals surface area contributed by atoms with Gasteiger partial charge in [0.25, 0.3) is 6.17 Å². The van der Waals surface area contributed by atoms with Crippen molar-refractivity contribution < 1.29 is 9.13 Å². The average Bonchev–Trinajstić information content (AvgIpc) is 2.51. The first-order valence-electron chi connectivity index (χ1n) is 5.83. The summed E-state index contributed by atoms with van der Waals surface area (Å²) in [5.41, 5.74) is 0.282. The zero-order valence-corrected chi connectivity index (χ0v) is 12.6. The van der Waals surface area contributed by atoms with Crippen LogP contribution in [-0.2, 0) is 0 Å². The highest BCUT2D eigenvalue weighted by molar-refractivity contribution is 8.24. The van der Waals surface area contributed by atoms with E-state index in [2.05, 4.69) is 0 Å². The number of hydroxylamine groups is 1. The van der Waals surface area contributed by atoms with Crippen LogP contribution in [0, 0.1) is 11.0 Å². The van der Waals surface area contributed by atoms with Gasteiger partial charge in [0.05, 0.1) is 5.56 Å². The Balaban J connectivity index is 2.36. The first-order chi connectivity index (χ1) is 8.83. The Hall–Kier alpha value is -1.14. The SMILES string of the molecule is CN1C(=S)SC(C)(C)C1[N+]([O-])=Cc1ccccc1F. The third-order valence-electron chi connectivity index (χ3n) is 3.04. The molecule has 1 unspecified atom stereocenters. The van der Waals surface area contributed by atoms with Gasteiger partial charge in [0.1, 0.15) is 14.9 Å². The van der Waals surface area contributed by atoms with Gasteiger partial charge in [-0.05, 0) is 26.0 Å². The number of hydrogen-bond donors (Lipinski definition) is 0. The van der Waals surface area contributed by atoms with Gasteiger partial charge in [0.15, 0.2) is 6.21 Å². The molecule has 1 aliphatic rings. The minimum absolute atomic E-state index is 0.282. The number of benzene rings is 1. The molecule has 0 N–H and O–H groups in total. The van der Waals surface area contributed by atoms with Crippen molar-refractivity contribution in [3.8, 4) is 0 Å². The molecule has 2 rings (SSSR count). The minimum Gasteiger partial charge on any atom is -0.622 e. The summed E-state index contributed by atoms with van der Waals surface area (Å²) in [5, 5.41) is 12.3. The van der Waals surface area contributed by atoms with Gasteiger partial charge in [0, 0.05) is 7.05 Å². The first kappa shape index (κ1) is 14.3. The van der Waals surface area contributed by atoms with E-state index in [9.17, 15) is 9.60 Å². The highest BCUT2D eigenvalue weighted by atomic mass is 32.2. The van der Waals surface area contributed by atoms with E-state index in [4.69, 9.17) is 12.2 Å². The van der Waals surface area contributed by atoms with E-state index in [0.29, 0.717) is 4.32 Å². The maximum Gasteiger partial charge on any atom is 0.254 e. The van der Waals surface area contributed by atoms with Crippen molar-refractivity contribution in [2.75, 3.05) is 7.05 Å². The van der Waals surface area contributed by atoms with E-state index >= 15 is 0 Å². The molecule has 102 valence electrons. The predicted molar refractivity (Wildman–Crippen MR) is 81.0 cm³/mol. The number of halogens is 1. The molecule has 1 aliphatic heterocycles. The lowest BCUT2D eigenvalue weighted by atomic mass is 10.1. The number of thiocarbonyl (C=S) groups is 1. The van der Waals surface area contributed by atoms with Crippen LogP contribution in [0.1, 0.15) is 19.4 Å². The van der Waals surface area contributed by atoms with Crippen molar-refractivity contribution in [3.63, 3.8) is 0 Å². The van der Waals surface area contributed by atoms with Crippen LogP contribution in [0.5, 0.6) is 0 Å². The van der Waals surface area contributed by atoms with Crippen LogP contribution in [0.4, 0.5) is 4.39 Å².